The molecule has 0 aromatic carbocycles. The highest BCUT2D eigenvalue weighted by molar-refractivity contribution is 5.94. The van der Waals surface area contributed by atoms with Gasteiger partial charge in [0.05, 0.1) is 17.5 Å². The average molecular weight is 256 g/mol. The molecule has 0 bridgehead atoms. The highest BCUT2D eigenvalue weighted by atomic mass is 16.2. The molecule has 0 unspecified atom stereocenters. The molecule has 2 aromatic rings. The number of pyridine rings is 1. The SMILES string of the molecule is Cn1cc(-c2ccc(C(=O)N3CCCC3)cn2)cn1. The van der Waals surface area contributed by atoms with Gasteiger partial charge < -0.3 is 4.90 Å². The maximum atomic E-state index is 12.2. The molecule has 0 atom stereocenters. The Labute approximate surface area is 111 Å². The fraction of sp³-hybridized carbons (Fsp3) is 0.357. The van der Waals surface area contributed by atoms with E-state index in [0.29, 0.717) is 5.56 Å². The van der Waals surface area contributed by atoms with Gasteiger partial charge in [0.2, 0.25) is 0 Å². The number of hydrogen-bond donors (Lipinski definition) is 0. The summed E-state index contributed by atoms with van der Waals surface area (Å²) in [5, 5.41) is 4.12. The van der Waals surface area contributed by atoms with E-state index in [4.69, 9.17) is 0 Å². The van der Waals surface area contributed by atoms with Gasteiger partial charge in [-0.15, -0.1) is 0 Å². The van der Waals surface area contributed by atoms with Crippen molar-refractivity contribution < 1.29 is 4.79 Å². The number of amides is 1. The normalized spacial score (nSPS) is 14.9. The van der Waals surface area contributed by atoms with Crippen LogP contribution >= 0.6 is 0 Å². The molecule has 19 heavy (non-hydrogen) atoms. The quantitative estimate of drug-likeness (QED) is 0.822. The Morgan fingerprint density at radius 3 is 2.58 bits per heavy atom. The van der Waals surface area contributed by atoms with E-state index in [0.717, 1.165) is 37.2 Å². The summed E-state index contributed by atoms with van der Waals surface area (Å²) in [4.78, 5) is 18.4. The van der Waals surface area contributed by atoms with Crippen molar-refractivity contribution in [2.24, 2.45) is 7.05 Å². The number of nitrogens with zero attached hydrogens (tertiary/aromatic N) is 4. The van der Waals surface area contributed by atoms with Crippen LogP contribution in [0.2, 0.25) is 0 Å². The monoisotopic (exact) mass is 256 g/mol. The minimum Gasteiger partial charge on any atom is -0.339 e. The fourth-order valence-electron chi connectivity index (χ4n) is 2.35. The molecule has 0 spiro atoms. The van der Waals surface area contributed by atoms with Crippen LogP contribution in [0.15, 0.2) is 30.7 Å². The van der Waals surface area contributed by atoms with Crippen molar-refractivity contribution in [3.63, 3.8) is 0 Å². The fourth-order valence-corrected chi connectivity index (χ4v) is 2.35. The lowest BCUT2D eigenvalue weighted by molar-refractivity contribution is 0.0792. The first-order chi connectivity index (χ1) is 9.24. The van der Waals surface area contributed by atoms with Gasteiger partial charge in [-0.2, -0.15) is 5.10 Å². The van der Waals surface area contributed by atoms with Gasteiger partial charge in [-0.1, -0.05) is 0 Å². The minimum atomic E-state index is 0.0859. The van der Waals surface area contributed by atoms with E-state index in [1.165, 1.54) is 0 Å². The zero-order valence-electron chi connectivity index (χ0n) is 10.9. The molecule has 1 saturated heterocycles. The standard InChI is InChI=1S/C14H16N4O/c1-17-10-12(9-16-17)13-5-4-11(8-15-13)14(19)18-6-2-3-7-18/h4-5,8-10H,2-3,6-7H2,1H3. The lowest BCUT2D eigenvalue weighted by Crippen LogP contribution is -2.27. The lowest BCUT2D eigenvalue weighted by Gasteiger charge is -2.14. The zero-order chi connectivity index (χ0) is 13.2. The Balaban J connectivity index is 1.80. The lowest BCUT2D eigenvalue weighted by atomic mass is 10.2. The van der Waals surface area contributed by atoms with E-state index >= 15 is 0 Å². The van der Waals surface area contributed by atoms with Crippen molar-refractivity contribution in [1.29, 1.82) is 0 Å². The van der Waals surface area contributed by atoms with Gasteiger partial charge in [-0.05, 0) is 25.0 Å². The summed E-state index contributed by atoms with van der Waals surface area (Å²) in [7, 11) is 1.87. The number of rotatable bonds is 2. The molecule has 2 aromatic heterocycles. The molecule has 1 amide bonds. The van der Waals surface area contributed by atoms with Gasteiger partial charge in [0.1, 0.15) is 0 Å². The minimum absolute atomic E-state index is 0.0859. The Hall–Kier alpha value is -2.17. The van der Waals surface area contributed by atoms with Crippen LogP contribution in [0.3, 0.4) is 0 Å². The molecular formula is C14H16N4O. The van der Waals surface area contributed by atoms with Crippen molar-refractivity contribution >= 4 is 5.91 Å². The molecule has 1 aliphatic heterocycles. The molecule has 3 heterocycles. The molecule has 1 aliphatic rings. The number of aryl methyl sites for hydroxylation is 1. The van der Waals surface area contributed by atoms with E-state index in [-0.39, 0.29) is 5.91 Å². The zero-order valence-corrected chi connectivity index (χ0v) is 10.9. The number of likely N-dealkylation sites (tertiary alicyclic amines) is 1. The predicted molar refractivity (Wildman–Crippen MR) is 71.6 cm³/mol. The summed E-state index contributed by atoms with van der Waals surface area (Å²) in [5.41, 5.74) is 2.46. The Morgan fingerprint density at radius 2 is 2.00 bits per heavy atom. The molecule has 98 valence electrons. The van der Waals surface area contributed by atoms with Gasteiger partial charge in [0.25, 0.3) is 5.91 Å². The second-order valence-corrected chi connectivity index (χ2v) is 4.83. The first-order valence-corrected chi connectivity index (χ1v) is 6.48. The van der Waals surface area contributed by atoms with Gasteiger partial charge in [0, 0.05) is 38.1 Å². The van der Waals surface area contributed by atoms with Crippen LogP contribution < -0.4 is 0 Å². The van der Waals surface area contributed by atoms with E-state index in [9.17, 15) is 4.79 Å². The van der Waals surface area contributed by atoms with Crippen molar-refractivity contribution in [3.05, 3.63) is 36.3 Å². The van der Waals surface area contributed by atoms with Crippen molar-refractivity contribution in [3.8, 4) is 11.3 Å². The molecule has 0 aliphatic carbocycles. The number of aromatic nitrogens is 3. The number of carbonyl (C=O) groups excluding carboxylic acids is 1. The van der Waals surface area contributed by atoms with Crippen LogP contribution in [0.4, 0.5) is 0 Å². The molecule has 5 heteroatoms. The summed E-state index contributed by atoms with van der Waals surface area (Å²) >= 11 is 0. The van der Waals surface area contributed by atoms with Crippen molar-refractivity contribution in [2.75, 3.05) is 13.1 Å². The Kier molecular flexibility index (Phi) is 3.03. The van der Waals surface area contributed by atoms with Crippen LogP contribution in [0.5, 0.6) is 0 Å². The van der Waals surface area contributed by atoms with Gasteiger partial charge in [-0.3, -0.25) is 14.5 Å². The van der Waals surface area contributed by atoms with Crippen LogP contribution in [-0.4, -0.2) is 38.7 Å². The van der Waals surface area contributed by atoms with Crippen LogP contribution in [0.25, 0.3) is 11.3 Å². The van der Waals surface area contributed by atoms with Gasteiger partial charge in [-0.25, -0.2) is 0 Å². The largest absolute Gasteiger partial charge is 0.339 e. The maximum absolute atomic E-state index is 12.2. The molecule has 5 nitrogen and oxygen atoms in total. The smallest absolute Gasteiger partial charge is 0.255 e. The first kappa shape index (κ1) is 11.9. The predicted octanol–water partition coefficient (Wildman–Crippen LogP) is 1.72. The van der Waals surface area contributed by atoms with Crippen LogP contribution in [-0.2, 0) is 7.05 Å². The first-order valence-electron chi connectivity index (χ1n) is 6.48. The van der Waals surface area contributed by atoms with Crippen LogP contribution in [0, 0.1) is 0 Å². The van der Waals surface area contributed by atoms with E-state index < -0.39 is 0 Å². The van der Waals surface area contributed by atoms with Gasteiger partial charge >= 0.3 is 0 Å². The second-order valence-electron chi connectivity index (χ2n) is 4.83. The van der Waals surface area contributed by atoms with E-state index in [2.05, 4.69) is 10.1 Å². The van der Waals surface area contributed by atoms with Crippen molar-refractivity contribution in [2.45, 2.75) is 12.8 Å². The maximum Gasteiger partial charge on any atom is 0.255 e. The Bertz CT molecular complexity index is 582. The third-order valence-electron chi connectivity index (χ3n) is 3.40. The summed E-state index contributed by atoms with van der Waals surface area (Å²) < 4.78 is 1.74. The molecule has 3 rings (SSSR count). The number of hydrogen-bond acceptors (Lipinski definition) is 3. The van der Waals surface area contributed by atoms with Crippen molar-refractivity contribution in [1.82, 2.24) is 19.7 Å². The topological polar surface area (TPSA) is 51.0 Å². The highest BCUT2D eigenvalue weighted by Crippen LogP contribution is 2.17. The number of carbonyl (C=O) groups is 1. The molecule has 0 saturated carbocycles. The summed E-state index contributed by atoms with van der Waals surface area (Å²) in [6, 6.07) is 3.72. The third-order valence-corrected chi connectivity index (χ3v) is 3.40. The third kappa shape index (κ3) is 2.36. The van der Waals surface area contributed by atoms with E-state index in [1.807, 2.05) is 30.3 Å². The summed E-state index contributed by atoms with van der Waals surface area (Å²) in [6.45, 7) is 1.73. The highest BCUT2D eigenvalue weighted by Gasteiger charge is 2.19. The molecular weight excluding hydrogens is 240 g/mol. The van der Waals surface area contributed by atoms with Crippen LogP contribution in [0.1, 0.15) is 23.2 Å². The summed E-state index contributed by atoms with van der Waals surface area (Å²) in [5.74, 6) is 0.0859. The second kappa shape index (κ2) is 4.84. The molecule has 0 radical (unpaired) electrons. The Morgan fingerprint density at radius 1 is 1.21 bits per heavy atom. The molecule has 1 fully saturated rings. The van der Waals surface area contributed by atoms with E-state index in [1.54, 1.807) is 17.1 Å². The molecule has 0 N–H and O–H groups in total. The average Bonchev–Trinajstić information content (AvgIpc) is 3.09. The van der Waals surface area contributed by atoms with Gasteiger partial charge in [0.15, 0.2) is 0 Å². The summed E-state index contributed by atoms with van der Waals surface area (Å²) in [6.07, 6.45) is 7.54.